The molecule has 0 spiro atoms. The van der Waals surface area contributed by atoms with Crippen molar-refractivity contribution in [2.75, 3.05) is 21.3 Å². The quantitative estimate of drug-likeness (QED) is 0.711. The van der Waals surface area contributed by atoms with E-state index in [-0.39, 0.29) is 0 Å². The molecular formula is C9H20O3S. The molecule has 0 aromatic rings. The Morgan fingerprint density at radius 3 is 1.69 bits per heavy atom. The van der Waals surface area contributed by atoms with E-state index < -0.39 is 10.9 Å². The first-order valence-electron chi connectivity index (χ1n) is 4.78. The lowest BCUT2D eigenvalue weighted by Crippen LogP contribution is -2.24. The fourth-order valence-electron chi connectivity index (χ4n) is 1.97. The third kappa shape index (κ3) is 2.37. The van der Waals surface area contributed by atoms with Gasteiger partial charge < -0.3 is 0 Å². The van der Waals surface area contributed by atoms with E-state index in [9.17, 15) is 0 Å². The average Bonchev–Trinajstić information content (AvgIpc) is 2.23. The maximum atomic E-state index is 5.41. The summed E-state index contributed by atoms with van der Waals surface area (Å²) in [6, 6.07) is 0. The molecule has 0 atom stereocenters. The molecule has 0 radical (unpaired) electrons. The van der Waals surface area contributed by atoms with Crippen LogP contribution in [0.4, 0.5) is 0 Å². The second-order valence-corrected chi connectivity index (χ2v) is 5.91. The first-order chi connectivity index (χ1) is 6.29. The van der Waals surface area contributed by atoms with Crippen molar-refractivity contribution in [3.8, 4) is 0 Å². The lowest BCUT2D eigenvalue weighted by molar-refractivity contribution is 0.231. The lowest BCUT2D eigenvalue weighted by atomic mass is 10.0. The topological polar surface area (TPSA) is 27.7 Å². The van der Waals surface area contributed by atoms with Crippen LogP contribution in [0.3, 0.4) is 0 Å². The van der Waals surface area contributed by atoms with Gasteiger partial charge in [-0.1, -0.05) is 19.3 Å². The molecule has 0 aromatic carbocycles. The van der Waals surface area contributed by atoms with Gasteiger partial charge >= 0.3 is 0 Å². The fraction of sp³-hybridized carbons (Fsp3) is 1.00. The third-order valence-corrected chi connectivity index (χ3v) is 5.34. The fourth-order valence-corrected chi connectivity index (χ4v) is 4.10. The molecule has 0 bridgehead atoms. The van der Waals surface area contributed by atoms with E-state index in [0.29, 0.717) is 5.25 Å². The average molecular weight is 208 g/mol. The number of hydrogen-bond acceptors (Lipinski definition) is 3. The summed E-state index contributed by atoms with van der Waals surface area (Å²) in [7, 11) is 3.32. The first-order valence-corrected chi connectivity index (χ1v) is 6.25. The molecule has 1 saturated carbocycles. The molecule has 3 nitrogen and oxygen atoms in total. The van der Waals surface area contributed by atoms with Gasteiger partial charge in [-0.15, -0.1) is 0 Å². The molecule has 0 aliphatic heterocycles. The first kappa shape index (κ1) is 11.3. The van der Waals surface area contributed by atoms with Gasteiger partial charge in [-0.3, -0.25) is 12.5 Å². The van der Waals surface area contributed by atoms with Crippen LogP contribution >= 0.6 is 10.9 Å². The molecule has 0 amide bonds. The van der Waals surface area contributed by atoms with Crippen LogP contribution in [0.5, 0.6) is 0 Å². The second kappa shape index (κ2) is 5.20. The maximum Gasteiger partial charge on any atom is 0.0910 e. The van der Waals surface area contributed by atoms with Crippen LogP contribution in [0.2, 0.25) is 0 Å². The summed E-state index contributed by atoms with van der Waals surface area (Å²) in [5.74, 6) is 0. The Balaban J connectivity index is 2.60. The molecule has 4 heteroatoms. The molecule has 1 aliphatic rings. The lowest BCUT2D eigenvalue weighted by Gasteiger charge is -2.42. The molecule has 80 valence electrons. The van der Waals surface area contributed by atoms with Crippen molar-refractivity contribution in [3.05, 3.63) is 0 Å². The Hall–Kier alpha value is 0.230. The van der Waals surface area contributed by atoms with Crippen LogP contribution in [0.1, 0.15) is 32.1 Å². The van der Waals surface area contributed by atoms with E-state index in [1.165, 1.54) is 32.1 Å². The highest BCUT2D eigenvalue weighted by molar-refractivity contribution is 8.22. The van der Waals surface area contributed by atoms with E-state index in [2.05, 4.69) is 0 Å². The van der Waals surface area contributed by atoms with Crippen LogP contribution in [0.15, 0.2) is 0 Å². The van der Waals surface area contributed by atoms with Crippen LogP contribution in [0, 0.1) is 0 Å². The summed E-state index contributed by atoms with van der Waals surface area (Å²) < 4.78 is 16.2. The predicted molar refractivity (Wildman–Crippen MR) is 55.5 cm³/mol. The van der Waals surface area contributed by atoms with Crippen LogP contribution in [-0.2, 0) is 12.5 Å². The molecular weight excluding hydrogens is 188 g/mol. The van der Waals surface area contributed by atoms with Crippen molar-refractivity contribution in [3.63, 3.8) is 0 Å². The minimum absolute atomic E-state index is 0.459. The Bertz CT molecular complexity index is 134. The Labute approximate surface area is 82.7 Å². The molecule has 1 aliphatic carbocycles. The van der Waals surface area contributed by atoms with E-state index in [4.69, 9.17) is 12.5 Å². The smallest absolute Gasteiger partial charge is 0.0910 e. The molecule has 1 rings (SSSR count). The number of hydrogen-bond donors (Lipinski definition) is 0. The Morgan fingerprint density at radius 2 is 1.31 bits per heavy atom. The van der Waals surface area contributed by atoms with Crippen molar-refractivity contribution in [1.82, 2.24) is 0 Å². The maximum absolute atomic E-state index is 5.41. The summed E-state index contributed by atoms with van der Waals surface area (Å²) in [5.41, 5.74) is 0. The Kier molecular flexibility index (Phi) is 4.52. The largest absolute Gasteiger partial charge is 0.296 e. The highest BCUT2D eigenvalue weighted by Gasteiger charge is 2.35. The van der Waals surface area contributed by atoms with E-state index in [1.54, 1.807) is 21.3 Å². The molecule has 0 unspecified atom stereocenters. The molecule has 0 heterocycles. The summed E-state index contributed by atoms with van der Waals surface area (Å²) in [6.07, 6.45) is 6.23. The zero-order valence-electron chi connectivity index (χ0n) is 8.75. The van der Waals surface area contributed by atoms with Gasteiger partial charge in [-0.05, 0) is 12.8 Å². The molecule has 0 aromatic heterocycles. The Morgan fingerprint density at radius 1 is 0.846 bits per heavy atom. The monoisotopic (exact) mass is 208 g/mol. The van der Waals surface area contributed by atoms with Crippen LogP contribution < -0.4 is 0 Å². The zero-order chi connectivity index (χ0) is 9.73. The van der Waals surface area contributed by atoms with Gasteiger partial charge in [0.05, 0.1) is 37.5 Å². The second-order valence-electron chi connectivity index (χ2n) is 3.25. The summed E-state index contributed by atoms with van der Waals surface area (Å²) in [5, 5.41) is 0.459. The molecule has 0 saturated heterocycles. The van der Waals surface area contributed by atoms with E-state index >= 15 is 0 Å². The molecule has 13 heavy (non-hydrogen) atoms. The van der Waals surface area contributed by atoms with Gasteiger partial charge in [0.25, 0.3) is 0 Å². The van der Waals surface area contributed by atoms with Gasteiger partial charge in [0.1, 0.15) is 0 Å². The van der Waals surface area contributed by atoms with Crippen LogP contribution in [0.25, 0.3) is 0 Å². The van der Waals surface area contributed by atoms with Gasteiger partial charge in [0.15, 0.2) is 0 Å². The minimum Gasteiger partial charge on any atom is -0.296 e. The van der Waals surface area contributed by atoms with Crippen molar-refractivity contribution < 1.29 is 12.5 Å². The predicted octanol–water partition coefficient (Wildman–Crippen LogP) is 2.81. The molecule has 1 fully saturated rings. The minimum atomic E-state index is -1.71. The zero-order valence-corrected chi connectivity index (χ0v) is 9.56. The van der Waals surface area contributed by atoms with Gasteiger partial charge in [-0.2, -0.15) is 0 Å². The van der Waals surface area contributed by atoms with Crippen molar-refractivity contribution in [2.45, 2.75) is 37.4 Å². The van der Waals surface area contributed by atoms with Gasteiger partial charge in [0.2, 0.25) is 0 Å². The van der Waals surface area contributed by atoms with E-state index in [1.807, 2.05) is 0 Å². The summed E-state index contributed by atoms with van der Waals surface area (Å²) in [4.78, 5) is 0. The SMILES string of the molecule is COS(OC)(OC)C1CCCCC1. The standard InChI is InChI=1S/C9H20O3S/c1-10-13(11-2,12-3)9-7-5-4-6-8-9/h9H,4-8H2,1-3H3. The van der Waals surface area contributed by atoms with Crippen molar-refractivity contribution in [1.29, 1.82) is 0 Å². The van der Waals surface area contributed by atoms with E-state index in [0.717, 1.165) is 0 Å². The third-order valence-electron chi connectivity index (χ3n) is 2.66. The van der Waals surface area contributed by atoms with Gasteiger partial charge in [-0.25, -0.2) is 0 Å². The number of rotatable bonds is 4. The summed E-state index contributed by atoms with van der Waals surface area (Å²) in [6.45, 7) is 0. The highest BCUT2D eigenvalue weighted by Crippen LogP contribution is 2.57. The van der Waals surface area contributed by atoms with Crippen molar-refractivity contribution >= 4 is 10.9 Å². The highest BCUT2D eigenvalue weighted by atomic mass is 32.3. The normalized spacial score (nSPS) is 21.8. The van der Waals surface area contributed by atoms with Gasteiger partial charge in [0, 0.05) is 0 Å². The van der Waals surface area contributed by atoms with Crippen molar-refractivity contribution in [2.24, 2.45) is 0 Å². The van der Waals surface area contributed by atoms with Crippen LogP contribution in [-0.4, -0.2) is 26.6 Å². The molecule has 0 N–H and O–H groups in total. The summed E-state index contributed by atoms with van der Waals surface area (Å²) >= 11 is 0.